The summed E-state index contributed by atoms with van der Waals surface area (Å²) < 4.78 is 5.87. The number of ether oxygens (including phenoxy) is 1. The number of aliphatic hydroxyl groups excluding tert-OH is 1. The standard InChI is InChI=1S/C15H21N3O5S/c1-6(19)9-11-13-10(12(15(21)22)18(11)14(9)20)8(2-3-23-13)24-7-4-16-17-5-7/h6-9,11,13,16-17,19H,2-5H2,1H3,(H,21,22)/t6-,8?,9-,11+,13+/m1/s1. The van der Waals surface area contributed by atoms with Crippen molar-refractivity contribution >= 4 is 23.6 Å². The topological polar surface area (TPSA) is 111 Å². The van der Waals surface area contributed by atoms with Crippen LogP contribution in [0.3, 0.4) is 0 Å². The van der Waals surface area contributed by atoms with Gasteiger partial charge in [-0.1, -0.05) is 0 Å². The predicted octanol–water partition coefficient (Wildman–Crippen LogP) is -1.09. The molecular formula is C15H21N3O5S. The molecule has 4 aliphatic rings. The molecular weight excluding hydrogens is 334 g/mol. The number of carboxylic acid groups (broad SMARTS) is 1. The predicted molar refractivity (Wildman–Crippen MR) is 86.0 cm³/mol. The zero-order chi connectivity index (χ0) is 17.0. The number of rotatable bonds is 4. The van der Waals surface area contributed by atoms with Gasteiger partial charge >= 0.3 is 5.97 Å². The minimum absolute atomic E-state index is 0.0228. The maximum atomic E-state index is 12.4. The molecule has 4 N–H and O–H groups in total. The molecule has 4 aliphatic heterocycles. The van der Waals surface area contributed by atoms with E-state index in [9.17, 15) is 19.8 Å². The van der Waals surface area contributed by atoms with Crippen molar-refractivity contribution in [2.45, 2.75) is 42.1 Å². The Hall–Kier alpha value is -1.13. The number of amides is 1. The highest BCUT2D eigenvalue weighted by atomic mass is 32.2. The van der Waals surface area contributed by atoms with Gasteiger partial charge in [0.1, 0.15) is 11.8 Å². The van der Waals surface area contributed by atoms with Gasteiger partial charge in [0.2, 0.25) is 5.91 Å². The number of carboxylic acids is 1. The van der Waals surface area contributed by atoms with E-state index < -0.39 is 24.1 Å². The summed E-state index contributed by atoms with van der Waals surface area (Å²) in [5.74, 6) is -1.99. The number of aliphatic carboxylic acids is 1. The number of carbonyl (C=O) groups is 2. The van der Waals surface area contributed by atoms with E-state index in [1.54, 1.807) is 18.7 Å². The van der Waals surface area contributed by atoms with Gasteiger partial charge in [0, 0.05) is 35.8 Å². The van der Waals surface area contributed by atoms with Gasteiger partial charge in [-0.3, -0.25) is 20.5 Å². The number of hydrogen-bond donors (Lipinski definition) is 4. The summed E-state index contributed by atoms with van der Waals surface area (Å²) in [5.41, 5.74) is 6.95. The lowest BCUT2D eigenvalue weighted by Gasteiger charge is -2.47. The molecule has 0 aromatic rings. The molecule has 0 bridgehead atoms. The van der Waals surface area contributed by atoms with Crippen LogP contribution in [0.25, 0.3) is 0 Å². The molecule has 0 radical (unpaired) electrons. The third-order valence-corrected chi connectivity index (χ3v) is 6.74. The normalized spacial score (nSPS) is 37.2. The SMILES string of the molecule is C[C@@H](O)[C@H]1C(=O)N2C(C(=O)O)=C3C(SC4CNNC4)CCO[C@@H]3[C@H]12. The number of nitrogens with one attached hydrogen (secondary N) is 2. The second-order valence-corrected chi connectivity index (χ2v) is 8.17. The molecule has 8 nitrogen and oxygen atoms in total. The number of hydrazine groups is 1. The van der Waals surface area contributed by atoms with Gasteiger partial charge in [0.15, 0.2) is 0 Å². The molecule has 0 aliphatic carbocycles. The minimum Gasteiger partial charge on any atom is -0.477 e. The fourth-order valence-electron chi connectivity index (χ4n) is 4.19. The summed E-state index contributed by atoms with van der Waals surface area (Å²) in [7, 11) is 0. The number of nitrogens with zero attached hydrogens (tertiary/aromatic N) is 1. The van der Waals surface area contributed by atoms with E-state index in [2.05, 4.69) is 10.9 Å². The van der Waals surface area contributed by atoms with Gasteiger partial charge in [-0.05, 0) is 13.3 Å². The largest absolute Gasteiger partial charge is 0.477 e. The van der Waals surface area contributed by atoms with Gasteiger partial charge in [-0.25, -0.2) is 4.79 Å². The number of carbonyl (C=O) groups excluding carboxylic acids is 1. The molecule has 132 valence electrons. The third-order valence-electron chi connectivity index (χ3n) is 5.21. The molecule has 24 heavy (non-hydrogen) atoms. The van der Waals surface area contributed by atoms with E-state index in [1.165, 1.54) is 4.90 Å². The van der Waals surface area contributed by atoms with Crippen molar-refractivity contribution in [2.75, 3.05) is 19.7 Å². The molecule has 1 amide bonds. The lowest BCUT2D eigenvalue weighted by Crippen LogP contribution is -2.65. The first-order valence-corrected chi connectivity index (χ1v) is 9.16. The van der Waals surface area contributed by atoms with Crippen LogP contribution < -0.4 is 10.9 Å². The molecule has 3 fully saturated rings. The van der Waals surface area contributed by atoms with E-state index in [1.807, 2.05) is 0 Å². The van der Waals surface area contributed by atoms with Crippen LogP contribution >= 0.6 is 11.8 Å². The number of thioether (sulfide) groups is 1. The van der Waals surface area contributed by atoms with E-state index in [4.69, 9.17) is 4.74 Å². The average Bonchev–Trinajstić information content (AvgIpc) is 3.11. The zero-order valence-electron chi connectivity index (χ0n) is 13.3. The highest BCUT2D eigenvalue weighted by Gasteiger charge is 2.63. The van der Waals surface area contributed by atoms with Crippen LogP contribution in [0.1, 0.15) is 13.3 Å². The molecule has 1 unspecified atom stereocenters. The van der Waals surface area contributed by atoms with Crippen molar-refractivity contribution in [3.63, 3.8) is 0 Å². The number of fused-ring (bicyclic) bond motifs is 3. The van der Waals surface area contributed by atoms with E-state index in [0.29, 0.717) is 17.4 Å². The van der Waals surface area contributed by atoms with Crippen LogP contribution in [0.4, 0.5) is 0 Å². The summed E-state index contributed by atoms with van der Waals surface area (Å²) >= 11 is 1.74. The fourth-order valence-corrected chi connectivity index (χ4v) is 5.64. The monoisotopic (exact) mass is 355 g/mol. The molecule has 0 aromatic carbocycles. The summed E-state index contributed by atoms with van der Waals surface area (Å²) in [6.45, 7) is 3.76. The average molecular weight is 355 g/mol. The fraction of sp³-hybridized carbons (Fsp3) is 0.733. The van der Waals surface area contributed by atoms with Crippen LogP contribution in [-0.4, -0.2) is 75.4 Å². The van der Waals surface area contributed by atoms with Crippen molar-refractivity contribution < 1.29 is 24.5 Å². The van der Waals surface area contributed by atoms with Crippen LogP contribution in [0.15, 0.2) is 11.3 Å². The molecule has 4 rings (SSSR count). The van der Waals surface area contributed by atoms with Crippen LogP contribution in [0.2, 0.25) is 0 Å². The second kappa shape index (κ2) is 5.99. The molecule has 5 atom stereocenters. The Labute approximate surface area is 143 Å². The first-order chi connectivity index (χ1) is 11.5. The first-order valence-electron chi connectivity index (χ1n) is 8.22. The smallest absolute Gasteiger partial charge is 0.352 e. The summed E-state index contributed by atoms with van der Waals surface area (Å²) in [6.07, 6.45) is -0.493. The van der Waals surface area contributed by atoms with Crippen LogP contribution in [0, 0.1) is 5.92 Å². The zero-order valence-corrected chi connectivity index (χ0v) is 14.1. The van der Waals surface area contributed by atoms with Gasteiger partial charge in [0.05, 0.1) is 18.1 Å². The number of aliphatic hydroxyl groups is 1. The Morgan fingerprint density at radius 3 is 2.75 bits per heavy atom. The highest BCUT2D eigenvalue weighted by Crippen LogP contribution is 2.50. The van der Waals surface area contributed by atoms with E-state index in [0.717, 1.165) is 19.5 Å². The summed E-state index contributed by atoms with van der Waals surface area (Å²) in [5, 5.41) is 20.0. The quantitative estimate of drug-likeness (QED) is 0.471. The van der Waals surface area contributed by atoms with Gasteiger partial charge in [-0.15, -0.1) is 11.8 Å². The Kier molecular flexibility index (Phi) is 4.08. The Balaban J connectivity index is 1.67. The van der Waals surface area contributed by atoms with Crippen LogP contribution in [0.5, 0.6) is 0 Å². The van der Waals surface area contributed by atoms with Crippen molar-refractivity contribution in [3.05, 3.63) is 11.3 Å². The number of β-lactam (4-membered cyclic amide) rings is 1. The van der Waals surface area contributed by atoms with Crippen molar-refractivity contribution in [1.29, 1.82) is 0 Å². The van der Waals surface area contributed by atoms with Gasteiger partial charge in [0.25, 0.3) is 0 Å². The molecule has 4 heterocycles. The highest BCUT2D eigenvalue weighted by molar-refractivity contribution is 8.00. The van der Waals surface area contributed by atoms with Crippen molar-refractivity contribution in [2.24, 2.45) is 5.92 Å². The first kappa shape index (κ1) is 16.3. The Morgan fingerprint density at radius 1 is 1.42 bits per heavy atom. The van der Waals surface area contributed by atoms with Gasteiger partial charge in [-0.2, -0.15) is 0 Å². The third kappa shape index (κ3) is 2.30. The molecule has 0 spiro atoms. The summed E-state index contributed by atoms with van der Waals surface area (Å²) in [6, 6.07) is -0.387. The van der Waals surface area contributed by atoms with E-state index >= 15 is 0 Å². The number of hydrogen-bond acceptors (Lipinski definition) is 7. The Morgan fingerprint density at radius 2 is 2.12 bits per heavy atom. The van der Waals surface area contributed by atoms with E-state index in [-0.39, 0.29) is 22.9 Å². The minimum atomic E-state index is -1.09. The van der Waals surface area contributed by atoms with Gasteiger partial charge < -0.3 is 14.9 Å². The Bertz CT molecular complexity index is 604. The van der Waals surface area contributed by atoms with Crippen LogP contribution in [-0.2, 0) is 14.3 Å². The lowest BCUT2D eigenvalue weighted by molar-refractivity contribution is -0.168. The lowest BCUT2D eigenvalue weighted by atomic mass is 9.80. The summed E-state index contributed by atoms with van der Waals surface area (Å²) in [4.78, 5) is 25.6. The molecule has 9 heteroatoms. The molecule has 3 saturated heterocycles. The van der Waals surface area contributed by atoms with Crippen molar-refractivity contribution in [3.8, 4) is 0 Å². The second-order valence-electron chi connectivity index (χ2n) is 6.66. The maximum Gasteiger partial charge on any atom is 0.352 e. The molecule has 0 saturated carbocycles. The molecule has 0 aromatic heterocycles. The van der Waals surface area contributed by atoms with Crippen molar-refractivity contribution in [1.82, 2.24) is 15.8 Å². The maximum absolute atomic E-state index is 12.4.